The van der Waals surface area contributed by atoms with Crippen LogP contribution in [0.4, 0.5) is 0 Å². The average Bonchev–Trinajstić information content (AvgIpc) is 2.92. The van der Waals surface area contributed by atoms with Crippen LogP contribution in [0.15, 0.2) is 109 Å². The monoisotopic (exact) mass is 464 g/mol. The summed E-state index contributed by atoms with van der Waals surface area (Å²) in [5.74, 6) is -0.936. The van der Waals surface area contributed by atoms with Gasteiger partial charge in [0.1, 0.15) is 11.6 Å². The van der Waals surface area contributed by atoms with Crippen LogP contribution in [0.25, 0.3) is 11.1 Å². The second kappa shape index (κ2) is 7.24. The average molecular weight is 465 g/mol. The highest BCUT2D eigenvalue weighted by molar-refractivity contribution is 6.22. The number of ketones is 2. The fourth-order valence-electron chi connectivity index (χ4n) is 7.87. The number of fused-ring (bicyclic) bond motifs is 1. The third-order valence-electron chi connectivity index (χ3n) is 9.12. The third-order valence-corrected chi connectivity index (χ3v) is 9.12. The second-order valence-corrected chi connectivity index (χ2v) is 10.6. The highest BCUT2D eigenvalue weighted by Gasteiger charge is 2.65. The van der Waals surface area contributed by atoms with Crippen LogP contribution in [0, 0.1) is 23.7 Å². The maximum Gasteiger partial charge on any atom is 0.146 e. The number of benzene rings is 4. The standard InChI is InChI=1S/C34H24O2/c35-33-29-25(19-11-3-1-4-12-19)26(20-13-5-2-6-14-20)30(29)34(36)32-28-23-17-9-7-15-21(23)27(31(32)33)22-16-8-10-18-24(22)28/h1-18,27-32H/t27?,28?,29-,30+,31-,32-/m1/s1. The summed E-state index contributed by atoms with van der Waals surface area (Å²) in [6, 6.07) is 37.4. The molecule has 1 saturated carbocycles. The van der Waals surface area contributed by atoms with Crippen molar-refractivity contribution in [3.05, 3.63) is 143 Å². The summed E-state index contributed by atoms with van der Waals surface area (Å²) in [4.78, 5) is 29.1. The Morgan fingerprint density at radius 2 is 0.667 bits per heavy atom. The predicted molar refractivity (Wildman–Crippen MR) is 140 cm³/mol. The van der Waals surface area contributed by atoms with E-state index in [0.29, 0.717) is 0 Å². The van der Waals surface area contributed by atoms with Crippen LogP contribution in [0.3, 0.4) is 0 Å². The molecule has 0 aromatic heterocycles. The molecule has 4 aromatic rings. The lowest BCUT2D eigenvalue weighted by atomic mass is 9.43. The Morgan fingerprint density at radius 1 is 0.361 bits per heavy atom. The SMILES string of the molecule is O=C1[C@@H]2C(c3ccccc3)=C(c3ccccc3)[C@@H]2C(=O)[C@@H]2C3c4ccccc4C(c4ccccc43)[C@@H]12. The van der Waals surface area contributed by atoms with Crippen LogP contribution in [0.5, 0.6) is 0 Å². The zero-order valence-corrected chi connectivity index (χ0v) is 19.7. The van der Waals surface area contributed by atoms with Gasteiger partial charge in [0.2, 0.25) is 0 Å². The Balaban J connectivity index is 1.36. The Morgan fingerprint density at radius 3 is 1.00 bits per heavy atom. The maximum atomic E-state index is 14.6. The molecule has 0 radical (unpaired) electrons. The quantitative estimate of drug-likeness (QED) is 0.339. The second-order valence-electron chi connectivity index (χ2n) is 10.6. The summed E-state index contributed by atoms with van der Waals surface area (Å²) >= 11 is 0. The summed E-state index contributed by atoms with van der Waals surface area (Å²) < 4.78 is 0. The molecular weight excluding hydrogens is 440 g/mol. The number of rotatable bonds is 2. The van der Waals surface area contributed by atoms with Gasteiger partial charge in [0.05, 0.1) is 11.8 Å². The van der Waals surface area contributed by atoms with Crippen LogP contribution in [-0.2, 0) is 9.59 Å². The van der Waals surface area contributed by atoms with E-state index >= 15 is 0 Å². The van der Waals surface area contributed by atoms with Crippen LogP contribution in [-0.4, -0.2) is 11.6 Å². The molecule has 172 valence electrons. The van der Waals surface area contributed by atoms with E-state index in [1.54, 1.807) is 0 Å². The summed E-state index contributed by atoms with van der Waals surface area (Å²) in [7, 11) is 0. The van der Waals surface area contributed by atoms with E-state index < -0.39 is 0 Å². The molecule has 0 N–H and O–H groups in total. The molecule has 0 saturated heterocycles. The first-order valence-corrected chi connectivity index (χ1v) is 12.9. The van der Waals surface area contributed by atoms with Crippen molar-refractivity contribution < 1.29 is 9.59 Å². The number of hydrogen-bond acceptors (Lipinski definition) is 2. The van der Waals surface area contributed by atoms with E-state index in [1.807, 2.05) is 36.4 Å². The van der Waals surface area contributed by atoms with Gasteiger partial charge in [-0.25, -0.2) is 0 Å². The minimum atomic E-state index is -0.366. The Labute approximate surface area is 210 Å². The van der Waals surface area contributed by atoms with Gasteiger partial charge < -0.3 is 0 Å². The van der Waals surface area contributed by atoms with Gasteiger partial charge >= 0.3 is 0 Å². The fourth-order valence-corrected chi connectivity index (χ4v) is 7.87. The van der Waals surface area contributed by atoms with Gasteiger partial charge in [-0.15, -0.1) is 0 Å². The Hall–Kier alpha value is -4.04. The fraction of sp³-hybridized carbons (Fsp3) is 0.176. The highest BCUT2D eigenvalue weighted by Crippen LogP contribution is 2.66. The van der Waals surface area contributed by atoms with Crippen molar-refractivity contribution in [2.75, 3.05) is 0 Å². The normalized spacial score (nSPS) is 29.1. The first-order chi connectivity index (χ1) is 17.8. The molecule has 9 rings (SSSR count). The van der Waals surface area contributed by atoms with E-state index in [0.717, 1.165) is 22.3 Å². The summed E-state index contributed by atoms with van der Waals surface area (Å²) in [5, 5.41) is 0. The van der Waals surface area contributed by atoms with Crippen molar-refractivity contribution in [3.63, 3.8) is 0 Å². The number of carbonyl (C=O) groups is 2. The minimum Gasteiger partial charge on any atom is -0.299 e. The zero-order valence-electron chi connectivity index (χ0n) is 19.7. The molecule has 2 heteroatoms. The van der Waals surface area contributed by atoms with E-state index in [9.17, 15) is 9.59 Å². The van der Waals surface area contributed by atoms with E-state index in [2.05, 4.69) is 72.8 Å². The van der Waals surface area contributed by atoms with Crippen molar-refractivity contribution in [2.24, 2.45) is 23.7 Å². The lowest BCUT2D eigenvalue weighted by molar-refractivity contribution is -0.146. The molecule has 5 aliphatic rings. The summed E-state index contributed by atoms with van der Waals surface area (Å²) in [6.07, 6.45) is 0. The predicted octanol–water partition coefficient (Wildman–Crippen LogP) is 6.52. The lowest BCUT2D eigenvalue weighted by Gasteiger charge is -2.57. The molecule has 2 bridgehead atoms. The van der Waals surface area contributed by atoms with Crippen LogP contribution in [0.2, 0.25) is 0 Å². The molecule has 2 nitrogen and oxygen atoms in total. The van der Waals surface area contributed by atoms with E-state index in [-0.39, 0.29) is 47.1 Å². The molecule has 5 aliphatic carbocycles. The summed E-state index contributed by atoms with van der Waals surface area (Å²) in [6.45, 7) is 0. The number of carbonyl (C=O) groups excluding carboxylic acids is 2. The van der Waals surface area contributed by atoms with E-state index in [1.165, 1.54) is 22.3 Å². The van der Waals surface area contributed by atoms with Gasteiger partial charge in [-0.05, 0) is 44.5 Å². The zero-order chi connectivity index (χ0) is 24.0. The minimum absolute atomic E-state index is 0.0531. The molecular formula is C34H24O2. The van der Waals surface area contributed by atoms with Crippen LogP contribution < -0.4 is 0 Å². The van der Waals surface area contributed by atoms with Crippen molar-refractivity contribution >= 4 is 22.7 Å². The van der Waals surface area contributed by atoms with Crippen molar-refractivity contribution in [1.29, 1.82) is 0 Å². The van der Waals surface area contributed by atoms with Gasteiger partial charge in [0.25, 0.3) is 0 Å². The van der Waals surface area contributed by atoms with Crippen LogP contribution >= 0.6 is 0 Å². The van der Waals surface area contributed by atoms with Gasteiger partial charge in [-0.1, -0.05) is 109 Å². The van der Waals surface area contributed by atoms with E-state index in [4.69, 9.17) is 0 Å². The van der Waals surface area contributed by atoms with Gasteiger partial charge in [0, 0.05) is 23.7 Å². The first-order valence-electron chi connectivity index (χ1n) is 12.9. The summed E-state index contributed by atoms with van der Waals surface area (Å²) in [5.41, 5.74) is 9.13. The van der Waals surface area contributed by atoms with Gasteiger partial charge in [-0.2, -0.15) is 0 Å². The lowest BCUT2D eigenvalue weighted by Crippen LogP contribution is -2.59. The topological polar surface area (TPSA) is 34.1 Å². The van der Waals surface area contributed by atoms with Crippen molar-refractivity contribution in [2.45, 2.75) is 11.8 Å². The van der Waals surface area contributed by atoms with Gasteiger partial charge in [0.15, 0.2) is 0 Å². The number of hydrogen-bond donors (Lipinski definition) is 0. The number of Topliss-reactive ketones (excluding diaryl/α,β-unsaturated/α-hetero) is 2. The van der Waals surface area contributed by atoms with Crippen molar-refractivity contribution in [3.8, 4) is 0 Å². The van der Waals surface area contributed by atoms with Gasteiger partial charge in [-0.3, -0.25) is 9.59 Å². The Kier molecular flexibility index (Phi) is 4.06. The third kappa shape index (κ3) is 2.42. The molecule has 0 aliphatic heterocycles. The molecule has 4 atom stereocenters. The molecule has 0 heterocycles. The first kappa shape index (κ1) is 20.2. The maximum absolute atomic E-state index is 14.6. The molecule has 0 amide bonds. The van der Waals surface area contributed by atoms with Crippen molar-refractivity contribution in [1.82, 2.24) is 0 Å². The largest absolute Gasteiger partial charge is 0.299 e. The Bertz CT molecular complexity index is 1430. The smallest absolute Gasteiger partial charge is 0.146 e. The molecule has 1 fully saturated rings. The molecule has 4 aromatic carbocycles. The number of allylic oxidation sites excluding steroid dienone is 2. The molecule has 36 heavy (non-hydrogen) atoms. The molecule has 0 spiro atoms. The molecule has 0 unspecified atom stereocenters. The highest BCUT2D eigenvalue weighted by atomic mass is 16.1. The van der Waals surface area contributed by atoms with Crippen LogP contribution in [0.1, 0.15) is 45.2 Å².